The summed E-state index contributed by atoms with van der Waals surface area (Å²) in [5.74, 6) is 1.40. The normalized spacial score (nSPS) is 10.2. The number of aryl methyl sites for hydroxylation is 1. The molecule has 0 aliphatic rings. The summed E-state index contributed by atoms with van der Waals surface area (Å²) < 4.78 is 5.09. The molecule has 0 spiro atoms. The molecule has 1 aromatic heterocycles. The summed E-state index contributed by atoms with van der Waals surface area (Å²) in [6.07, 6.45) is 1.73. The molecule has 1 aromatic carbocycles. The van der Waals surface area contributed by atoms with Crippen LogP contribution in [0.5, 0.6) is 5.75 Å². The van der Waals surface area contributed by atoms with Crippen molar-refractivity contribution in [2.45, 2.75) is 6.92 Å². The molecule has 2 rings (SSSR count). The number of benzene rings is 1. The molecular weight excluding hydrogens is 224 g/mol. The molecule has 0 unspecified atom stereocenters. The van der Waals surface area contributed by atoms with Crippen molar-refractivity contribution >= 4 is 11.6 Å². The molecule has 0 atom stereocenters. The molecule has 16 heavy (non-hydrogen) atoms. The van der Waals surface area contributed by atoms with Gasteiger partial charge in [-0.15, -0.1) is 0 Å². The Morgan fingerprint density at radius 3 is 2.69 bits per heavy atom. The minimum atomic E-state index is 0.580. The number of aromatic nitrogens is 2. The molecule has 0 saturated carbocycles. The number of nitrogens with zero attached hydrogens (tertiary/aromatic N) is 2. The van der Waals surface area contributed by atoms with E-state index in [0.717, 1.165) is 17.1 Å². The second kappa shape index (κ2) is 4.49. The van der Waals surface area contributed by atoms with E-state index < -0.39 is 0 Å². The van der Waals surface area contributed by atoms with Crippen molar-refractivity contribution < 1.29 is 4.74 Å². The first-order chi connectivity index (χ1) is 7.70. The molecule has 82 valence electrons. The number of halogens is 1. The second-order valence-electron chi connectivity index (χ2n) is 3.34. The molecule has 0 N–H and O–H groups in total. The summed E-state index contributed by atoms with van der Waals surface area (Å²) in [6.45, 7) is 1.86. The highest BCUT2D eigenvalue weighted by atomic mass is 35.5. The minimum Gasteiger partial charge on any atom is -0.495 e. The van der Waals surface area contributed by atoms with E-state index in [1.807, 2.05) is 31.2 Å². The zero-order valence-corrected chi connectivity index (χ0v) is 9.82. The van der Waals surface area contributed by atoms with E-state index in [-0.39, 0.29) is 0 Å². The minimum absolute atomic E-state index is 0.580. The van der Waals surface area contributed by atoms with Crippen LogP contribution in [0.2, 0.25) is 5.02 Å². The number of hydrogen-bond acceptors (Lipinski definition) is 3. The first-order valence-corrected chi connectivity index (χ1v) is 5.22. The zero-order chi connectivity index (χ0) is 11.5. The van der Waals surface area contributed by atoms with Crippen molar-refractivity contribution in [3.05, 3.63) is 41.3 Å². The molecule has 0 aliphatic carbocycles. The highest BCUT2D eigenvalue weighted by Gasteiger charge is 2.04. The lowest BCUT2D eigenvalue weighted by atomic mass is 10.1. The molecule has 2 aromatic rings. The van der Waals surface area contributed by atoms with E-state index in [9.17, 15) is 0 Å². The Balaban J connectivity index is 2.45. The Labute approximate surface area is 99.1 Å². The molecular formula is C12H11ClN2O. The van der Waals surface area contributed by atoms with E-state index in [2.05, 4.69) is 9.97 Å². The predicted octanol–water partition coefficient (Wildman–Crippen LogP) is 3.11. The maximum Gasteiger partial charge on any atom is 0.137 e. The highest BCUT2D eigenvalue weighted by Crippen LogP contribution is 2.29. The average Bonchev–Trinajstić information content (AvgIpc) is 2.29. The fourth-order valence-corrected chi connectivity index (χ4v) is 1.70. The fraction of sp³-hybridized carbons (Fsp3) is 0.167. The zero-order valence-electron chi connectivity index (χ0n) is 9.07. The van der Waals surface area contributed by atoms with E-state index in [1.54, 1.807) is 13.3 Å². The van der Waals surface area contributed by atoms with E-state index in [0.29, 0.717) is 10.8 Å². The lowest BCUT2D eigenvalue weighted by Crippen LogP contribution is -1.90. The third-order valence-electron chi connectivity index (χ3n) is 2.22. The van der Waals surface area contributed by atoms with Gasteiger partial charge in [0.15, 0.2) is 0 Å². The lowest BCUT2D eigenvalue weighted by Gasteiger charge is -2.05. The first kappa shape index (κ1) is 10.9. The molecule has 4 heteroatoms. The van der Waals surface area contributed by atoms with E-state index in [1.165, 1.54) is 0 Å². The predicted molar refractivity (Wildman–Crippen MR) is 63.8 cm³/mol. The summed E-state index contributed by atoms with van der Waals surface area (Å²) >= 11 is 6.05. The van der Waals surface area contributed by atoms with Crippen molar-refractivity contribution in [3.8, 4) is 17.0 Å². The van der Waals surface area contributed by atoms with Gasteiger partial charge < -0.3 is 4.74 Å². The van der Waals surface area contributed by atoms with Crippen LogP contribution < -0.4 is 4.74 Å². The Hall–Kier alpha value is -1.61. The Morgan fingerprint density at radius 2 is 2.06 bits per heavy atom. The first-order valence-electron chi connectivity index (χ1n) is 4.84. The van der Waals surface area contributed by atoms with Gasteiger partial charge in [-0.25, -0.2) is 9.97 Å². The van der Waals surface area contributed by atoms with Crippen LogP contribution in [0.25, 0.3) is 11.3 Å². The third kappa shape index (κ3) is 2.14. The molecule has 0 aliphatic heterocycles. The van der Waals surface area contributed by atoms with Crippen LogP contribution in [0.4, 0.5) is 0 Å². The van der Waals surface area contributed by atoms with Gasteiger partial charge in [0.25, 0.3) is 0 Å². The summed E-state index contributed by atoms with van der Waals surface area (Å²) in [5.41, 5.74) is 1.81. The SMILES string of the molecule is COc1ccc(-c2ccnc(C)n2)cc1Cl. The average molecular weight is 235 g/mol. The Morgan fingerprint density at radius 1 is 1.25 bits per heavy atom. The van der Waals surface area contributed by atoms with Crippen molar-refractivity contribution in [3.63, 3.8) is 0 Å². The molecule has 0 bridgehead atoms. The molecule has 0 saturated heterocycles. The van der Waals surface area contributed by atoms with Gasteiger partial charge in [0.1, 0.15) is 11.6 Å². The van der Waals surface area contributed by atoms with Gasteiger partial charge in [0, 0.05) is 11.8 Å². The standard InChI is InChI=1S/C12H11ClN2O/c1-8-14-6-5-11(15-8)9-3-4-12(16-2)10(13)7-9/h3-7H,1-2H3. The maximum absolute atomic E-state index is 6.05. The van der Waals surface area contributed by atoms with Crippen molar-refractivity contribution in [1.82, 2.24) is 9.97 Å². The van der Waals surface area contributed by atoms with Crippen molar-refractivity contribution in [2.75, 3.05) is 7.11 Å². The lowest BCUT2D eigenvalue weighted by molar-refractivity contribution is 0.415. The highest BCUT2D eigenvalue weighted by molar-refractivity contribution is 6.32. The monoisotopic (exact) mass is 234 g/mol. The topological polar surface area (TPSA) is 35.0 Å². The van der Waals surface area contributed by atoms with E-state index >= 15 is 0 Å². The summed E-state index contributed by atoms with van der Waals surface area (Å²) in [5, 5.41) is 0.580. The number of methoxy groups -OCH3 is 1. The third-order valence-corrected chi connectivity index (χ3v) is 2.52. The van der Waals surface area contributed by atoms with Crippen LogP contribution >= 0.6 is 11.6 Å². The van der Waals surface area contributed by atoms with Gasteiger partial charge in [0.2, 0.25) is 0 Å². The van der Waals surface area contributed by atoms with Crippen LogP contribution in [-0.2, 0) is 0 Å². The Kier molecular flexibility index (Phi) is 3.06. The van der Waals surface area contributed by atoms with Gasteiger partial charge in [-0.2, -0.15) is 0 Å². The number of hydrogen-bond donors (Lipinski definition) is 0. The van der Waals surface area contributed by atoms with Crippen LogP contribution in [0.3, 0.4) is 0 Å². The largest absolute Gasteiger partial charge is 0.495 e. The van der Waals surface area contributed by atoms with Crippen LogP contribution in [0.15, 0.2) is 30.5 Å². The van der Waals surface area contributed by atoms with Crippen LogP contribution in [0.1, 0.15) is 5.82 Å². The van der Waals surface area contributed by atoms with Gasteiger partial charge in [0.05, 0.1) is 17.8 Å². The molecule has 1 heterocycles. The quantitative estimate of drug-likeness (QED) is 0.801. The maximum atomic E-state index is 6.05. The molecule has 0 amide bonds. The summed E-state index contributed by atoms with van der Waals surface area (Å²) in [6, 6.07) is 7.44. The van der Waals surface area contributed by atoms with E-state index in [4.69, 9.17) is 16.3 Å². The fourth-order valence-electron chi connectivity index (χ4n) is 1.44. The van der Waals surface area contributed by atoms with Gasteiger partial charge in [-0.3, -0.25) is 0 Å². The van der Waals surface area contributed by atoms with Crippen molar-refractivity contribution in [2.24, 2.45) is 0 Å². The van der Waals surface area contributed by atoms with Gasteiger partial charge in [-0.1, -0.05) is 11.6 Å². The summed E-state index contributed by atoms with van der Waals surface area (Å²) in [4.78, 5) is 8.38. The molecule has 3 nitrogen and oxygen atoms in total. The molecule has 0 fully saturated rings. The number of rotatable bonds is 2. The van der Waals surface area contributed by atoms with Crippen molar-refractivity contribution in [1.29, 1.82) is 0 Å². The summed E-state index contributed by atoms with van der Waals surface area (Å²) in [7, 11) is 1.59. The van der Waals surface area contributed by atoms with Crippen LogP contribution in [0, 0.1) is 6.92 Å². The van der Waals surface area contributed by atoms with Gasteiger partial charge in [-0.05, 0) is 31.2 Å². The second-order valence-corrected chi connectivity index (χ2v) is 3.75. The smallest absolute Gasteiger partial charge is 0.137 e. The Bertz CT molecular complexity index is 514. The molecule has 0 radical (unpaired) electrons. The van der Waals surface area contributed by atoms with Crippen LogP contribution in [-0.4, -0.2) is 17.1 Å². The number of ether oxygens (including phenoxy) is 1. The van der Waals surface area contributed by atoms with Gasteiger partial charge >= 0.3 is 0 Å².